The van der Waals surface area contributed by atoms with E-state index in [1.54, 1.807) is 14.2 Å². The van der Waals surface area contributed by atoms with Gasteiger partial charge in [0.1, 0.15) is 4.08 Å². The Labute approximate surface area is 157 Å². The van der Waals surface area contributed by atoms with E-state index in [9.17, 15) is 9.90 Å². The van der Waals surface area contributed by atoms with E-state index >= 15 is 0 Å². The van der Waals surface area contributed by atoms with Crippen molar-refractivity contribution in [3.05, 3.63) is 23.8 Å². The lowest BCUT2D eigenvalue weighted by Gasteiger charge is -2.41. The number of hydrogen-bond donors (Lipinski definition) is 1. The molecule has 2 aliphatic heterocycles. The largest absolute Gasteiger partial charge is 0.493 e. The second-order valence-electron chi connectivity index (χ2n) is 6.27. The molecule has 0 spiro atoms. The summed E-state index contributed by atoms with van der Waals surface area (Å²) >= 11 is 3.78. The summed E-state index contributed by atoms with van der Waals surface area (Å²) in [6, 6.07) is 5.97. The van der Waals surface area contributed by atoms with E-state index in [2.05, 4.69) is 6.07 Å². The summed E-state index contributed by atoms with van der Waals surface area (Å²) in [7, 11) is 3.27. The van der Waals surface area contributed by atoms with Crippen molar-refractivity contribution >= 4 is 29.4 Å². The molecule has 0 bridgehead atoms. The van der Waals surface area contributed by atoms with Gasteiger partial charge < -0.3 is 19.5 Å². The molecule has 0 saturated carbocycles. The minimum Gasteiger partial charge on any atom is -0.493 e. The van der Waals surface area contributed by atoms with Gasteiger partial charge >= 0.3 is 0 Å². The Balaban J connectivity index is 1.95. The SMILES string of the molecule is COc1ccc(C2(CN3C(=O)CC[C@H]3CO)SCCCS2)cc1OC. The lowest BCUT2D eigenvalue weighted by atomic mass is 10.1. The highest BCUT2D eigenvalue weighted by molar-refractivity contribution is 8.18. The van der Waals surface area contributed by atoms with Gasteiger partial charge in [-0.15, -0.1) is 23.5 Å². The molecule has 25 heavy (non-hydrogen) atoms. The van der Waals surface area contributed by atoms with Crippen LogP contribution in [0.2, 0.25) is 0 Å². The molecule has 3 rings (SSSR count). The third kappa shape index (κ3) is 3.73. The van der Waals surface area contributed by atoms with Crippen molar-refractivity contribution in [3.8, 4) is 11.5 Å². The molecule has 1 aromatic rings. The highest BCUT2D eigenvalue weighted by atomic mass is 32.2. The number of aliphatic hydroxyl groups is 1. The molecule has 5 nitrogen and oxygen atoms in total. The van der Waals surface area contributed by atoms with Gasteiger partial charge in [-0.2, -0.15) is 0 Å². The second kappa shape index (κ2) is 8.10. The molecule has 2 aliphatic rings. The topological polar surface area (TPSA) is 59.0 Å². The molecule has 1 N–H and O–H groups in total. The fourth-order valence-corrected chi connectivity index (χ4v) is 6.72. The summed E-state index contributed by atoms with van der Waals surface area (Å²) in [6.07, 6.45) is 2.44. The number of amides is 1. The maximum Gasteiger partial charge on any atom is 0.223 e. The molecule has 1 aromatic carbocycles. The predicted molar refractivity (Wildman–Crippen MR) is 103 cm³/mol. The number of aliphatic hydroxyl groups excluding tert-OH is 1. The van der Waals surface area contributed by atoms with Gasteiger partial charge in [0.25, 0.3) is 0 Å². The maximum absolute atomic E-state index is 12.4. The molecule has 7 heteroatoms. The average Bonchev–Trinajstić information content (AvgIpc) is 3.01. The van der Waals surface area contributed by atoms with Crippen LogP contribution in [0.25, 0.3) is 0 Å². The first-order chi connectivity index (χ1) is 12.1. The zero-order valence-corrected chi connectivity index (χ0v) is 16.3. The minimum absolute atomic E-state index is 0.0308. The fraction of sp³-hybridized carbons (Fsp3) is 0.611. The maximum atomic E-state index is 12.4. The first-order valence-electron chi connectivity index (χ1n) is 8.54. The van der Waals surface area contributed by atoms with E-state index in [0.717, 1.165) is 23.5 Å². The molecule has 0 unspecified atom stereocenters. The van der Waals surface area contributed by atoms with Crippen LogP contribution in [0.15, 0.2) is 18.2 Å². The zero-order valence-electron chi connectivity index (χ0n) is 14.7. The van der Waals surface area contributed by atoms with Crippen LogP contribution in [0.4, 0.5) is 0 Å². The number of benzene rings is 1. The molecule has 0 aliphatic carbocycles. The monoisotopic (exact) mass is 383 g/mol. The molecule has 1 amide bonds. The number of carbonyl (C=O) groups is 1. The molecular weight excluding hydrogens is 358 g/mol. The third-order valence-corrected chi connectivity index (χ3v) is 8.18. The normalized spacial score (nSPS) is 22.9. The summed E-state index contributed by atoms with van der Waals surface area (Å²) in [5.41, 5.74) is 1.14. The number of hydrogen-bond acceptors (Lipinski definition) is 6. The Morgan fingerprint density at radius 1 is 1.24 bits per heavy atom. The first-order valence-corrected chi connectivity index (χ1v) is 10.5. The van der Waals surface area contributed by atoms with E-state index in [4.69, 9.17) is 9.47 Å². The van der Waals surface area contributed by atoms with Gasteiger partial charge in [0.15, 0.2) is 11.5 Å². The van der Waals surface area contributed by atoms with Gasteiger partial charge in [0, 0.05) is 13.0 Å². The van der Waals surface area contributed by atoms with E-state index in [1.165, 1.54) is 6.42 Å². The van der Waals surface area contributed by atoms with Crippen LogP contribution >= 0.6 is 23.5 Å². The van der Waals surface area contributed by atoms with Crippen LogP contribution < -0.4 is 9.47 Å². The standard InChI is InChI=1S/C18H25NO4S2/c1-22-15-6-4-13(10-16(15)23-2)18(24-8-3-9-25-18)12-19-14(11-20)5-7-17(19)21/h4,6,10,14,20H,3,5,7-9,11-12H2,1-2H3/t14-/m0/s1. The Kier molecular flexibility index (Phi) is 6.07. The third-order valence-electron chi connectivity index (χ3n) is 4.82. The van der Waals surface area contributed by atoms with Crippen molar-refractivity contribution in [1.29, 1.82) is 0 Å². The number of nitrogens with zero attached hydrogens (tertiary/aromatic N) is 1. The molecule has 0 aromatic heterocycles. The summed E-state index contributed by atoms with van der Waals surface area (Å²) in [5.74, 6) is 3.68. The van der Waals surface area contributed by atoms with Crippen LogP contribution in [0, 0.1) is 0 Å². The van der Waals surface area contributed by atoms with Crippen molar-refractivity contribution in [2.75, 3.05) is 38.9 Å². The second-order valence-corrected chi connectivity index (χ2v) is 9.32. The van der Waals surface area contributed by atoms with Gasteiger partial charge in [-0.3, -0.25) is 4.79 Å². The minimum atomic E-state index is -0.231. The number of rotatable bonds is 6. The van der Waals surface area contributed by atoms with E-state index in [0.29, 0.717) is 24.5 Å². The summed E-state index contributed by atoms with van der Waals surface area (Å²) in [5, 5.41) is 9.64. The molecule has 1 atom stereocenters. The van der Waals surface area contributed by atoms with Crippen LogP contribution in [0.3, 0.4) is 0 Å². The molecule has 2 heterocycles. The number of ether oxygens (including phenoxy) is 2. The van der Waals surface area contributed by atoms with Crippen molar-refractivity contribution < 1.29 is 19.4 Å². The number of thioether (sulfide) groups is 2. The van der Waals surface area contributed by atoms with E-state index in [1.807, 2.05) is 40.6 Å². The van der Waals surface area contributed by atoms with Gasteiger partial charge in [0.05, 0.1) is 26.9 Å². The van der Waals surface area contributed by atoms with Crippen molar-refractivity contribution in [1.82, 2.24) is 4.90 Å². The van der Waals surface area contributed by atoms with Crippen LogP contribution in [0.5, 0.6) is 11.5 Å². The predicted octanol–water partition coefficient (Wildman–Crippen LogP) is 2.71. The molecule has 138 valence electrons. The first kappa shape index (κ1) is 18.7. The summed E-state index contributed by atoms with van der Waals surface area (Å²) in [4.78, 5) is 14.2. The van der Waals surface area contributed by atoms with Gasteiger partial charge in [-0.1, -0.05) is 6.07 Å². The molecule has 2 fully saturated rings. The van der Waals surface area contributed by atoms with Crippen molar-refractivity contribution in [2.45, 2.75) is 29.4 Å². The van der Waals surface area contributed by atoms with Gasteiger partial charge in [-0.05, 0) is 42.0 Å². The highest BCUT2D eigenvalue weighted by Crippen LogP contribution is 2.52. The summed E-state index contributed by atoms with van der Waals surface area (Å²) in [6.45, 7) is 0.644. The summed E-state index contributed by atoms with van der Waals surface area (Å²) < 4.78 is 10.6. The van der Waals surface area contributed by atoms with Gasteiger partial charge in [0.2, 0.25) is 5.91 Å². The highest BCUT2D eigenvalue weighted by Gasteiger charge is 2.42. The zero-order chi connectivity index (χ0) is 17.9. The number of methoxy groups -OCH3 is 2. The van der Waals surface area contributed by atoms with Crippen LogP contribution in [-0.2, 0) is 8.87 Å². The van der Waals surface area contributed by atoms with Crippen LogP contribution in [0.1, 0.15) is 24.8 Å². The molecule has 0 radical (unpaired) electrons. The van der Waals surface area contributed by atoms with Gasteiger partial charge in [-0.25, -0.2) is 0 Å². The van der Waals surface area contributed by atoms with E-state index in [-0.39, 0.29) is 22.6 Å². The smallest absolute Gasteiger partial charge is 0.223 e. The van der Waals surface area contributed by atoms with E-state index < -0.39 is 0 Å². The number of carbonyl (C=O) groups excluding carboxylic acids is 1. The quantitative estimate of drug-likeness (QED) is 0.815. The Morgan fingerprint density at radius 3 is 2.60 bits per heavy atom. The van der Waals surface area contributed by atoms with Crippen molar-refractivity contribution in [2.24, 2.45) is 0 Å². The Morgan fingerprint density at radius 2 is 1.96 bits per heavy atom. The molecule has 2 saturated heterocycles. The Hall–Kier alpha value is -1.05. The lowest BCUT2D eigenvalue weighted by Crippen LogP contribution is -2.44. The lowest BCUT2D eigenvalue weighted by molar-refractivity contribution is -0.129. The average molecular weight is 384 g/mol. The Bertz CT molecular complexity index is 619. The van der Waals surface area contributed by atoms with Crippen molar-refractivity contribution in [3.63, 3.8) is 0 Å². The molecular formula is C18H25NO4S2. The fourth-order valence-electron chi connectivity index (χ4n) is 3.42. The van der Waals surface area contributed by atoms with Crippen LogP contribution in [-0.4, -0.2) is 60.8 Å². The number of likely N-dealkylation sites (tertiary alicyclic amines) is 1.